The molecule has 0 saturated heterocycles. The number of aromatic amines is 2. The number of pyridine rings is 1. The number of methoxy groups -OCH3 is 1. The number of nitrogens with one attached hydrogen (secondary N) is 3. The number of hydrogen-bond acceptors (Lipinski definition) is 4. The number of ether oxygens (including phenoxy) is 1. The Kier molecular flexibility index (Phi) is 3.32. The summed E-state index contributed by atoms with van der Waals surface area (Å²) in [4.78, 5) is 33.0. The van der Waals surface area contributed by atoms with Gasteiger partial charge in [-0.15, -0.1) is 0 Å². The molecular formula is C15H20N4O3. The van der Waals surface area contributed by atoms with Gasteiger partial charge in [-0.25, -0.2) is 9.78 Å². The number of imidazole rings is 1. The minimum atomic E-state index is -0.336. The quantitative estimate of drug-likeness (QED) is 0.789. The van der Waals surface area contributed by atoms with Crippen LogP contribution in [0.1, 0.15) is 31.3 Å². The number of carbonyl (C=O) groups is 1. The van der Waals surface area contributed by atoms with E-state index in [1.807, 2.05) is 0 Å². The first-order valence-corrected chi connectivity index (χ1v) is 7.27. The van der Waals surface area contributed by atoms with Crippen molar-refractivity contribution in [1.82, 2.24) is 20.3 Å². The molecule has 0 spiro atoms. The number of hydrogen-bond donors (Lipinski definition) is 3. The molecule has 3 N–H and O–H groups in total. The van der Waals surface area contributed by atoms with Crippen LogP contribution in [-0.4, -0.2) is 40.1 Å². The molecule has 1 amide bonds. The second-order valence-corrected chi connectivity index (χ2v) is 6.46. The summed E-state index contributed by atoms with van der Waals surface area (Å²) in [5.41, 5.74) is 0.783. The third-order valence-corrected chi connectivity index (χ3v) is 4.69. The third kappa shape index (κ3) is 2.12. The van der Waals surface area contributed by atoms with Gasteiger partial charge in [0.05, 0.1) is 11.6 Å². The summed E-state index contributed by atoms with van der Waals surface area (Å²) in [7, 11) is 1.69. The molecule has 2 aromatic rings. The van der Waals surface area contributed by atoms with E-state index in [4.69, 9.17) is 4.74 Å². The predicted molar refractivity (Wildman–Crippen MR) is 81.7 cm³/mol. The Morgan fingerprint density at radius 1 is 1.36 bits per heavy atom. The van der Waals surface area contributed by atoms with Crippen LogP contribution in [0.5, 0.6) is 0 Å². The van der Waals surface area contributed by atoms with E-state index in [-0.39, 0.29) is 40.8 Å². The van der Waals surface area contributed by atoms with E-state index in [9.17, 15) is 9.59 Å². The molecule has 1 aliphatic carbocycles. The van der Waals surface area contributed by atoms with Gasteiger partial charge < -0.3 is 15.0 Å². The van der Waals surface area contributed by atoms with E-state index >= 15 is 0 Å². The zero-order valence-corrected chi connectivity index (χ0v) is 13.1. The summed E-state index contributed by atoms with van der Waals surface area (Å²) in [5, 5.41) is 3.02. The number of H-pyrrole nitrogens is 2. The molecule has 1 fully saturated rings. The van der Waals surface area contributed by atoms with Crippen molar-refractivity contribution >= 4 is 17.1 Å². The Hall–Kier alpha value is -2.15. The fourth-order valence-corrected chi connectivity index (χ4v) is 3.68. The molecule has 3 rings (SSSR count). The van der Waals surface area contributed by atoms with Crippen molar-refractivity contribution in [2.24, 2.45) is 11.3 Å². The molecule has 7 nitrogen and oxygen atoms in total. The van der Waals surface area contributed by atoms with Gasteiger partial charge in [-0.05, 0) is 12.1 Å². The Balaban J connectivity index is 1.80. The number of nitrogens with zero attached hydrogens (tertiary/aromatic N) is 1. The van der Waals surface area contributed by atoms with E-state index in [0.29, 0.717) is 11.2 Å². The summed E-state index contributed by atoms with van der Waals surface area (Å²) >= 11 is 0. The smallest absolute Gasteiger partial charge is 0.325 e. The average Bonchev–Trinajstić information content (AvgIpc) is 2.83. The molecule has 2 aromatic heterocycles. The lowest BCUT2D eigenvalue weighted by atomic mass is 9.58. The predicted octanol–water partition coefficient (Wildman–Crippen LogP) is 1.04. The molecule has 0 bridgehead atoms. The summed E-state index contributed by atoms with van der Waals surface area (Å²) in [6, 6.07) is 3.29. The van der Waals surface area contributed by atoms with Crippen LogP contribution in [0.4, 0.5) is 0 Å². The van der Waals surface area contributed by atoms with Crippen LogP contribution in [0.3, 0.4) is 0 Å². The van der Waals surface area contributed by atoms with Crippen LogP contribution >= 0.6 is 0 Å². The minimum absolute atomic E-state index is 0.0210. The molecule has 2 heterocycles. The van der Waals surface area contributed by atoms with Crippen LogP contribution in [0.2, 0.25) is 0 Å². The SMILES string of the molecule is COC1C(C)C(NC(=O)c2ccc3[nH]c(=O)[nH]c3n2)C1(C)C. The molecule has 0 radical (unpaired) electrons. The number of aromatic nitrogens is 3. The summed E-state index contributed by atoms with van der Waals surface area (Å²) in [5.74, 6) is -0.0110. The van der Waals surface area contributed by atoms with Crippen molar-refractivity contribution in [3.63, 3.8) is 0 Å². The lowest BCUT2D eigenvalue weighted by Gasteiger charge is -2.56. The largest absolute Gasteiger partial charge is 0.380 e. The number of rotatable bonds is 3. The van der Waals surface area contributed by atoms with E-state index in [0.717, 1.165) is 0 Å². The summed E-state index contributed by atoms with van der Waals surface area (Å²) in [6.45, 7) is 6.21. The van der Waals surface area contributed by atoms with Gasteiger partial charge in [0.2, 0.25) is 0 Å². The van der Waals surface area contributed by atoms with Gasteiger partial charge in [-0.2, -0.15) is 0 Å². The maximum Gasteiger partial charge on any atom is 0.325 e. The zero-order valence-electron chi connectivity index (χ0n) is 13.1. The van der Waals surface area contributed by atoms with Crippen LogP contribution in [0, 0.1) is 11.3 Å². The Bertz CT molecular complexity index is 776. The highest BCUT2D eigenvalue weighted by Gasteiger charge is 2.55. The average molecular weight is 304 g/mol. The topological polar surface area (TPSA) is 99.9 Å². The van der Waals surface area contributed by atoms with E-state index in [1.165, 1.54) is 0 Å². The van der Waals surface area contributed by atoms with Crippen molar-refractivity contribution in [2.75, 3.05) is 7.11 Å². The maximum absolute atomic E-state index is 12.4. The highest BCUT2D eigenvalue weighted by atomic mass is 16.5. The van der Waals surface area contributed by atoms with E-state index in [2.05, 4.69) is 41.0 Å². The van der Waals surface area contributed by atoms with Crippen molar-refractivity contribution in [3.8, 4) is 0 Å². The van der Waals surface area contributed by atoms with Gasteiger partial charge in [0, 0.05) is 24.5 Å². The van der Waals surface area contributed by atoms with Gasteiger partial charge >= 0.3 is 5.69 Å². The molecule has 0 aliphatic heterocycles. The maximum atomic E-state index is 12.4. The minimum Gasteiger partial charge on any atom is -0.380 e. The Morgan fingerprint density at radius 2 is 2.09 bits per heavy atom. The van der Waals surface area contributed by atoms with Crippen LogP contribution < -0.4 is 11.0 Å². The van der Waals surface area contributed by atoms with Gasteiger partial charge in [0.25, 0.3) is 5.91 Å². The highest BCUT2D eigenvalue weighted by molar-refractivity contribution is 5.94. The summed E-state index contributed by atoms with van der Waals surface area (Å²) in [6.07, 6.45) is 0.120. The molecule has 3 unspecified atom stereocenters. The first kappa shape index (κ1) is 14.8. The van der Waals surface area contributed by atoms with Crippen molar-refractivity contribution in [1.29, 1.82) is 0 Å². The standard InChI is InChI=1S/C15H20N4O3/c1-7-10(15(2,3)11(7)22-4)18-13(20)9-6-5-8-12(16-9)19-14(21)17-8/h5-7,10-11H,1-4H3,(H,18,20)(H2,16,17,19,21). The van der Waals surface area contributed by atoms with Crippen LogP contribution in [0.25, 0.3) is 11.2 Å². The van der Waals surface area contributed by atoms with Crippen molar-refractivity contribution in [3.05, 3.63) is 28.3 Å². The van der Waals surface area contributed by atoms with Crippen molar-refractivity contribution in [2.45, 2.75) is 32.9 Å². The summed E-state index contributed by atoms with van der Waals surface area (Å²) < 4.78 is 5.48. The molecule has 3 atom stereocenters. The van der Waals surface area contributed by atoms with Gasteiger partial charge in [-0.1, -0.05) is 20.8 Å². The van der Waals surface area contributed by atoms with Gasteiger partial charge in [0.15, 0.2) is 5.65 Å². The lowest BCUT2D eigenvalue weighted by Crippen LogP contribution is -2.67. The third-order valence-electron chi connectivity index (χ3n) is 4.69. The zero-order chi connectivity index (χ0) is 16.1. The number of amides is 1. The Morgan fingerprint density at radius 3 is 2.73 bits per heavy atom. The lowest BCUT2D eigenvalue weighted by molar-refractivity contribution is -0.141. The Labute approximate surface area is 127 Å². The van der Waals surface area contributed by atoms with E-state index < -0.39 is 0 Å². The second-order valence-electron chi connectivity index (χ2n) is 6.46. The van der Waals surface area contributed by atoms with Crippen LogP contribution in [-0.2, 0) is 4.74 Å². The number of carbonyl (C=O) groups excluding carboxylic acids is 1. The molecule has 1 saturated carbocycles. The van der Waals surface area contributed by atoms with E-state index in [1.54, 1.807) is 19.2 Å². The first-order valence-electron chi connectivity index (χ1n) is 7.27. The van der Waals surface area contributed by atoms with Gasteiger partial charge in [0.1, 0.15) is 5.69 Å². The first-order chi connectivity index (χ1) is 10.3. The normalized spacial score (nSPS) is 26.6. The molecule has 0 aromatic carbocycles. The fraction of sp³-hybridized carbons (Fsp3) is 0.533. The second kappa shape index (κ2) is 4.95. The molecule has 118 valence electrons. The van der Waals surface area contributed by atoms with Crippen molar-refractivity contribution < 1.29 is 9.53 Å². The number of fused-ring (bicyclic) bond motifs is 1. The molecule has 7 heteroatoms. The molecule has 1 aliphatic rings. The van der Waals surface area contributed by atoms with Gasteiger partial charge in [-0.3, -0.25) is 9.78 Å². The molecular weight excluding hydrogens is 284 g/mol. The highest BCUT2D eigenvalue weighted by Crippen LogP contribution is 2.46. The van der Waals surface area contributed by atoms with Crippen LogP contribution in [0.15, 0.2) is 16.9 Å². The fourth-order valence-electron chi connectivity index (χ4n) is 3.68. The monoisotopic (exact) mass is 304 g/mol. The molecule has 22 heavy (non-hydrogen) atoms.